The number of anilines is 1. The van der Waals surface area contributed by atoms with Gasteiger partial charge in [0.2, 0.25) is 0 Å². The van der Waals surface area contributed by atoms with Crippen LogP contribution < -0.4 is 5.32 Å². The quantitative estimate of drug-likeness (QED) is 0.809. The summed E-state index contributed by atoms with van der Waals surface area (Å²) in [5.41, 5.74) is 2.07. The molecule has 0 aromatic carbocycles. The first kappa shape index (κ1) is 19.1. The summed E-state index contributed by atoms with van der Waals surface area (Å²) in [6, 6.07) is 3.66. The monoisotopic (exact) mass is 390 g/mol. The third kappa shape index (κ3) is 3.71. The molecule has 2 aromatic rings. The summed E-state index contributed by atoms with van der Waals surface area (Å²) >= 11 is 2.99. The molecule has 0 unspecified atom stereocenters. The van der Waals surface area contributed by atoms with Crippen LogP contribution in [0.4, 0.5) is 5.00 Å². The van der Waals surface area contributed by atoms with E-state index in [9.17, 15) is 9.59 Å². The van der Waals surface area contributed by atoms with Crippen LogP contribution in [-0.4, -0.2) is 30.8 Å². The molecule has 2 amide bonds. The molecule has 3 rings (SSSR count). The first-order chi connectivity index (χ1) is 12.2. The zero-order chi connectivity index (χ0) is 19.1. The molecule has 0 saturated carbocycles. The Balaban J connectivity index is 1.97. The summed E-state index contributed by atoms with van der Waals surface area (Å²) in [4.78, 5) is 28.9. The van der Waals surface area contributed by atoms with Crippen LogP contribution in [0.15, 0.2) is 17.5 Å². The van der Waals surface area contributed by atoms with E-state index in [1.807, 2.05) is 11.4 Å². The highest BCUT2D eigenvalue weighted by Gasteiger charge is 2.34. The predicted octanol–water partition coefficient (Wildman–Crippen LogP) is 4.91. The van der Waals surface area contributed by atoms with Gasteiger partial charge in [0, 0.05) is 19.0 Å². The van der Waals surface area contributed by atoms with Gasteiger partial charge < -0.3 is 10.2 Å². The molecule has 2 heterocycles. The van der Waals surface area contributed by atoms with E-state index in [1.54, 1.807) is 36.4 Å². The Morgan fingerprint density at radius 1 is 1.27 bits per heavy atom. The van der Waals surface area contributed by atoms with Crippen molar-refractivity contribution in [3.05, 3.63) is 38.4 Å². The van der Waals surface area contributed by atoms with Gasteiger partial charge >= 0.3 is 0 Å². The first-order valence-corrected chi connectivity index (χ1v) is 10.6. The standard InChI is InChI=1S/C20H26N2O2S2/c1-20(2,3)12-8-9-13-15(11-12)26-18(16(13)19(24)22(4)5)21-17(23)14-7-6-10-25-14/h6-7,10,12H,8-9,11H2,1-5H3,(H,21,23)/t12-/m0/s1. The van der Waals surface area contributed by atoms with E-state index in [1.165, 1.54) is 16.2 Å². The van der Waals surface area contributed by atoms with Crippen LogP contribution in [-0.2, 0) is 12.8 Å². The number of thiophene rings is 2. The molecule has 0 radical (unpaired) electrons. The highest BCUT2D eigenvalue weighted by atomic mass is 32.1. The zero-order valence-electron chi connectivity index (χ0n) is 16.0. The van der Waals surface area contributed by atoms with Crippen LogP contribution >= 0.6 is 22.7 Å². The van der Waals surface area contributed by atoms with Crippen molar-refractivity contribution < 1.29 is 9.59 Å². The van der Waals surface area contributed by atoms with E-state index >= 15 is 0 Å². The molecule has 0 spiro atoms. The molecule has 0 fully saturated rings. The minimum Gasteiger partial charge on any atom is -0.345 e. The lowest BCUT2D eigenvalue weighted by molar-refractivity contribution is 0.0827. The molecule has 140 valence electrons. The lowest BCUT2D eigenvalue weighted by Crippen LogP contribution is -2.28. The molecule has 1 N–H and O–H groups in total. The number of carbonyl (C=O) groups excluding carboxylic acids is 2. The molecule has 4 nitrogen and oxygen atoms in total. The lowest BCUT2D eigenvalue weighted by atomic mass is 9.72. The second-order valence-corrected chi connectivity index (χ2v) is 10.2. The number of fused-ring (bicyclic) bond motifs is 1. The smallest absolute Gasteiger partial charge is 0.266 e. The predicted molar refractivity (Wildman–Crippen MR) is 110 cm³/mol. The third-order valence-electron chi connectivity index (χ3n) is 5.08. The van der Waals surface area contributed by atoms with Crippen molar-refractivity contribution in [1.82, 2.24) is 4.90 Å². The van der Waals surface area contributed by atoms with Crippen molar-refractivity contribution in [3.8, 4) is 0 Å². The average Bonchev–Trinajstić information content (AvgIpc) is 3.20. The van der Waals surface area contributed by atoms with Gasteiger partial charge in [0.15, 0.2) is 0 Å². The van der Waals surface area contributed by atoms with Crippen LogP contribution in [0.5, 0.6) is 0 Å². The fourth-order valence-electron chi connectivity index (χ4n) is 3.44. The summed E-state index contributed by atoms with van der Waals surface area (Å²) in [5, 5.41) is 5.58. The van der Waals surface area contributed by atoms with Gasteiger partial charge in [-0.2, -0.15) is 0 Å². The summed E-state index contributed by atoms with van der Waals surface area (Å²) in [6.07, 6.45) is 2.96. The van der Waals surface area contributed by atoms with Crippen molar-refractivity contribution in [2.75, 3.05) is 19.4 Å². The molecule has 1 aliphatic carbocycles. The minimum absolute atomic E-state index is 0.0295. The Morgan fingerprint density at radius 2 is 2.00 bits per heavy atom. The molecule has 6 heteroatoms. The minimum atomic E-state index is -0.140. The molecule has 0 saturated heterocycles. The Labute approximate surface area is 163 Å². The molecule has 1 atom stereocenters. The molecular formula is C20H26N2O2S2. The summed E-state index contributed by atoms with van der Waals surface area (Å²) < 4.78 is 0. The first-order valence-electron chi connectivity index (χ1n) is 8.89. The van der Waals surface area contributed by atoms with Gasteiger partial charge in [0.25, 0.3) is 11.8 Å². The van der Waals surface area contributed by atoms with Crippen LogP contribution in [0.1, 0.15) is 57.7 Å². The zero-order valence-corrected chi connectivity index (χ0v) is 17.6. The Bertz CT molecular complexity index is 814. The third-order valence-corrected chi connectivity index (χ3v) is 7.12. The van der Waals surface area contributed by atoms with Gasteiger partial charge in [0.05, 0.1) is 10.4 Å². The summed E-state index contributed by atoms with van der Waals surface area (Å²) in [7, 11) is 3.52. The van der Waals surface area contributed by atoms with Gasteiger partial charge in [0.1, 0.15) is 5.00 Å². The fourth-order valence-corrected chi connectivity index (χ4v) is 5.37. The number of hydrogen-bond acceptors (Lipinski definition) is 4. The van der Waals surface area contributed by atoms with E-state index in [0.717, 1.165) is 24.8 Å². The van der Waals surface area contributed by atoms with Crippen molar-refractivity contribution in [2.45, 2.75) is 40.0 Å². The maximum atomic E-state index is 12.8. The van der Waals surface area contributed by atoms with E-state index in [0.29, 0.717) is 21.4 Å². The van der Waals surface area contributed by atoms with Crippen molar-refractivity contribution in [1.29, 1.82) is 0 Å². The fraction of sp³-hybridized carbons (Fsp3) is 0.500. The maximum absolute atomic E-state index is 12.8. The average molecular weight is 391 g/mol. The number of hydrogen-bond donors (Lipinski definition) is 1. The molecule has 1 aliphatic rings. The Morgan fingerprint density at radius 3 is 2.58 bits per heavy atom. The SMILES string of the molecule is CN(C)C(=O)c1c(NC(=O)c2cccs2)sc2c1CC[C@H](C(C)(C)C)C2. The summed E-state index contributed by atoms with van der Waals surface area (Å²) in [6.45, 7) is 6.84. The van der Waals surface area contributed by atoms with E-state index < -0.39 is 0 Å². The van der Waals surface area contributed by atoms with Crippen LogP contribution in [0.25, 0.3) is 0 Å². The molecule has 0 bridgehead atoms. The molecular weight excluding hydrogens is 364 g/mol. The van der Waals surface area contributed by atoms with Gasteiger partial charge in [-0.05, 0) is 47.6 Å². The van der Waals surface area contributed by atoms with Gasteiger partial charge in [-0.3, -0.25) is 9.59 Å². The second-order valence-electron chi connectivity index (χ2n) is 8.14. The van der Waals surface area contributed by atoms with Crippen molar-refractivity contribution in [2.24, 2.45) is 11.3 Å². The van der Waals surface area contributed by atoms with Crippen molar-refractivity contribution >= 4 is 39.5 Å². The van der Waals surface area contributed by atoms with Crippen molar-refractivity contribution in [3.63, 3.8) is 0 Å². The maximum Gasteiger partial charge on any atom is 0.266 e. The number of amides is 2. The number of carbonyl (C=O) groups is 2. The Hall–Kier alpha value is -1.66. The largest absolute Gasteiger partial charge is 0.345 e. The highest BCUT2D eigenvalue weighted by molar-refractivity contribution is 7.17. The second kappa shape index (κ2) is 7.16. The lowest BCUT2D eigenvalue weighted by Gasteiger charge is -2.34. The van der Waals surface area contributed by atoms with Gasteiger partial charge in [-0.15, -0.1) is 22.7 Å². The van der Waals surface area contributed by atoms with Crippen LogP contribution in [0, 0.1) is 11.3 Å². The van der Waals surface area contributed by atoms with Gasteiger partial charge in [-0.25, -0.2) is 0 Å². The number of nitrogens with zero attached hydrogens (tertiary/aromatic N) is 1. The highest BCUT2D eigenvalue weighted by Crippen LogP contribution is 2.44. The van der Waals surface area contributed by atoms with Crippen LogP contribution in [0.3, 0.4) is 0 Å². The Kier molecular flexibility index (Phi) is 5.26. The van der Waals surface area contributed by atoms with E-state index in [2.05, 4.69) is 26.1 Å². The van der Waals surface area contributed by atoms with Gasteiger partial charge in [-0.1, -0.05) is 26.8 Å². The van der Waals surface area contributed by atoms with Crippen LogP contribution in [0.2, 0.25) is 0 Å². The van der Waals surface area contributed by atoms with E-state index in [4.69, 9.17) is 0 Å². The molecule has 0 aliphatic heterocycles. The number of rotatable bonds is 3. The topological polar surface area (TPSA) is 49.4 Å². The molecule has 2 aromatic heterocycles. The summed E-state index contributed by atoms with van der Waals surface area (Å²) in [5.74, 6) is 0.425. The van der Waals surface area contributed by atoms with E-state index in [-0.39, 0.29) is 17.2 Å². The normalized spacial score (nSPS) is 16.9. The number of nitrogens with one attached hydrogen (secondary N) is 1. The molecule has 26 heavy (non-hydrogen) atoms.